The third-order valence-electron chi connectivity index (χ3n) is 3.26. The van der Waals surface area contributed by atoms with Crippen LogP contribution in [-0.4, -0.2) is 64.9 Å². The summed E-state index contributed by atoms with van der Waals surface area (Å²) in [6.07, 6.45) is -0.114. The number of hydrogen-bond acceptors (Lipinski definition) is 8. The molecule has 0 saturated heterocycles. The summed E-state index contributed by atoms with van der Waals surface area (Å²) in [6, 6.07) is 13.0. The molecule has 0 unspecified atom stereocenters. The summed E-state index contributed by atoms with van der Waals surface area (Å²) in [5.74, 6) is -0.978. The first kappa shape index (κ1) is 31.1. The molecule has 0 aliphatic rings. The average molecular weight is 444 g/mol. The van der Waals surface area contributed by atoms with E-state index in [0.717, 1.165) is 0 Å². The van der Waals surface area contributed by atoms with Gasteiger partial charge in [-0.15, -0.1) is 0 Å². The van der Waals surface area contributed by atoms with Gasteiger partial charge in [-0.25, -0.2) is 0 Å². The van der Waals surface area contributed by atoms with E-state index >= 15 is 0 Å². The number of ether oxygens (including phenoxy) is 2. The zero-order valence-corrected chi connectivity index (χ0v) is 15.8. The van der Waals surface area contributed by atoms with Crippen molar-refractivity contribution in [1.82, 2.24) is 12.3 Å². The molecule has 0 aliphatic carbocycles. The van der Waals surface area contributed by atoms with Gasteiger partial charge in [0.25, 0.3) is 0 Å². The fourth-order valence-electron chi connectivity index (χ4n) is 2.04. The van der Waals surface area contributed by atoms with E-state index < -0.39 is 11.9 Å². The first-order chi connectivity index (χ1) is 11.6. The Bertz CT molecular complexity index is 671. The van der Waals surface area contributed by atoms with Gasteiger partial charge in [-0.3, -0.25) is 9.59 Å². The average Bonchev–Trinajstić information content (AvgIpc) is 2.56. The summed E-state index contributed by atoms with van der Waals surface area (Å²) >= 11 is 0. The number of rotatable bonds is 7. The summed E-state index contributed by atoms with van der Waals surface area (Å²) in [5, 5.41) is 19.1. The molecule has 0 spiro atoms. The van der Waals surface area contributed by atoms with E-state index in [1.54, 1.807) is 36.4 Å². The van der Waals surface area contributed by atoms with Crippen LogP contribution in [0.2, 0.25) is 0 Å². The number of benzene rings is 2. The van der Waals surface area contributed by atoms with Crippen molar-refractivity contribution in [2.45, 2.75) is 12.8 Å². The Balaban J connectivity index is -0.00000156. The van der Waals surface area contributed by atoms with Crippen LogP contribution in [0, 0.1) is 0 Å². The molecule has 0 aliphatic heterocycles. The monoisotopic (exact) mass is 444 g/mol. The molecule has 2 rings (SSSR count). The van der Waals surface area contributed by atoms with Gasteiger partial charge in [0.2, 0.25) is 0 Å². The quantitative estimate of drug-likeness (QED) is 0.285. The minimum atomic E-state index is -0.520. The molecule has 152 valence electrons. The number of para-hydroxylation sites is 2. The second kappa shape index (κ2) is 16.4. The molecule has 0 amide bonds. The Labute approximate surface area is 196 Å². The van der Waals surface area contributed by atoms with Crippen LogP contribution in [0.1, 0.15) is 11.1 Å². The number of carbonyl (C=O) groups excluding carboxylic acids is 2. The molecule has 0 heterocycles. The van der Waals surface area contributed by atoms with Crippen molar-refractivity contribution in [2.75, 3.05) is 13.2 Å². The molecule has 0 fully saturated rings. The minimum absolute atomic E-state index is 0. The van der Waals surface area contributed by atoms with E-state index in [1.165, 1.54) is 12.1 Å². The fourth-order valence-corrected chi connectivity index (χ4v) is 2.04. The van der Waals surface area contributed by atoms with E-state index in [0.29, 0.717) is 11.1 Å². The third kappa shape index (κ3) is 10.7. The number of esters is 2. The standard InChI is InChI=1S/C18H18O6.Fe.2H3N.Na.H/c19-15-7-3-1-5-13(15)11-17(21)23-9-10-24-18(22)12-14-6-2-4-8-16(14)20;;;;;/h1-8,19-20H,9-12H2;;2*1H3;;. The van der Waals surface area contributed by atoms with Crippen molar-refractivity contribution in [2.24, 2.45) is 0 Å². The molecule has 28 heavy (non-hydrogen) atoms. The second-order valence-corrected chi connectivity index (χ2v) is 5.05. The van der Waals surface area contributed by atoms with Crippen LogP contribution in [-0.2, 0) is 49.0 Å². The second-order valence-electron chi connectivity index (χ2n) is 5.05. The summed E-state index contributed by atoms with van der Waals surface area (Å²) in [5.41, 5.74) is 0.943. The fraction of sp³-hybridized carbons (Fsp3) is 0.222. The Kier molecular flexibility index (Phi) is 18.2. The predicted octanol–water partition coefficient (Wildman–Crippen LogP) is 1.64. The van der Waals surface area contributed by atoms with Gasteiger partial charge >= 0.3 is 41.5 Å². The van der Waals surface area contributed by atoms with Gasteiger partial charge in [0, 0.05) is 28.2 Å². The van der Waals surface area contributed by atoms with Gasteiger partial charge in [0.1, 0.15) is 24.7 Å². The molecule has 8 nitrogen and oxygen atoms in total. The summed E-state index contributed by atoms with van der Waals surface area (Å²) in [7, 11) is 0. The van der Waals surface area contributed by atoms with Crippen LogP contribution >= 0.6 is 0 Å². The number of aromatic hydroxyl groups is 2. The van der Waals surface area contributed by atoms with Crippen molar-refractivity contribution in [3.05, 3.63) is 59.7 Å². The maximum atomic E-state index is 11.6. The van der Waals surface area contributed by atoms with Crippen LogP contribution < -0.4 is 12.3 Å². The normalized spacial score (nSPS) is 8.71. The van der Waals surface area contributed by atoms with Crippen LogP contribution in [0.3, 0.4) is 0 Å². The zero-order valence-electron chi connectivity index (χ0n) is 14.7. The number of hydrogen-bond donors (Lipinski definition) is 4. The SMILES string of the molecule is N.N.O=C(Cc1ccccc1O)OCCOC(=O)Cc1ccccc1O.[Fe].[NaH]. The summed E-state index contributed by atoms with van der Waals surface area (Å²) < 4.78 is 9.90. The van der Waals surface area contributed by atoms with E-state index in [2.05, 4.69) is 0 Å². The summed E-state index contributed by atoms with van der Waals surface area (Å²) in [6.45, 7) is -0.141. The molecule has 0 radical (unpaired) electrons. The Morgan fingerprint density at radius 3 is 1.36 bits per heavy atom. The Morgan fingerprint density at radius 2 is 1.04 bits per heavy atom. The van der Waals surface area contributed by atoms with Gasteiger partial charge in [0.05, 0.1) is 12.8 Å². The molecule has 0 aromatic heterocycles. The molecular formula is C18H25FeN2NaO6. The van der Waals surface area contributed by atoms with Crippen LogP contribution in [0.4, 0.5) is 0 Å². The molecule has 10 heteroatoms. The molecular weight excluding hydrogens is 419 g/mol. The Hall–Kier alpha value is -1.58. The van der Waals surface area contributed by atoms with Crippen molar-refractivity contribution in [3.8, 4) is 11.5 Å². The number of carbonyl (C=O) groups is 2. The molecule has 0 saturated carbocycles. The van der Waals surface area contributed by atoms with Gasteiger partial charge in [-0.2, -0.15) is 0 Å². The number of phenols is 2. The van der Waals surface area contributed by atoms with Crippen molar-refractivity contribution in [3.63, 3.8) is 0 Å². The first-order valence-corrected chi connectivity index (χ1v) is 7.41. The van der Waals surface area contributed by atoms with Gasteiger partial charge in [-0.1, -0.05) is 36.4 Å². The summed E-state index contributed by atoms with van der Waals surface area (Å²) in [4.78, 5) is 23.3. The first-order valence-electron chi connectivity index (χ1n) is 7.41. The van der Waals surface area contributed by atoms with E-state index in [1.807, 2.05) is 0 Å². The molecule has 2 aromatic rings. The maximum absolute atomic E-state index is 11.6. The van der Waals surface area contributed by atoms with E-state index in [-0.39, 0.29) is 96.5 Å². The van der Waals surface area contributed by atoms with Gasteiger partial charge in [-0.05, 0) is 12.1 Å². The van der Waals surface area contributed by atoms with Crippen molar-refractivity contribution >= 4 is 41.5 Å². The van der Waals surface area contributed by atoms with E-state index in [4.69, 9.17) is 9.47 Å². The Morgan fingerprint density at radius 1 is 0.714 bits per heavy atom. The van der Waals surface area contributed by atoms with E-state index in [9.17, 15) is 19.8 Å². The van der Waals surface area contributed by atoms with Crippen LogP contribution in [0.25, 0.3) is 0 Å². The van der Waals surface area contributed by atoms with Crippen molar-refractivity contribution < 1.29 is 46.3 Å². The molecule has 8 N–H and O–H groups in total. The topological polar surface area (TPSA) is 163 Å². The van der Waals surface area contributed by atoms with Gasteiger partial charge < -0.3 is 32.0 Å². The zero-order chi connectivity index (χ0) is 17.4. The number of phenolic OH excluding ortho intramolecular Hbond substituents is 2. The third-order valence-corrected chi connectivity index (χ3v) is 3.26. The van der Waals surface area contributed by atoms with Crippen LogP contribution in [0.15, 0.2) is 48.5 Å². The molecule has 0 bridgehead atoms. The van der Waals surface area contributed by atoms with Crippen molar-refractivity contribution in [1.29, 1.82) is 0 Å². The molecule has 2 aromatic carbocycles. The van der Waals surface area contributed by atoms with Gasteiger partial charge in [0.15, 0.2) is 0 Å². The molecule has 0 atom stereocenters. The van der Waals surface area contributed by atoms with Crippen LogP contribution in [0.5, 0.6) is 11.5 Å². The predicted molar refractivity (Wildman–Crippen MR) is 103 cm³/mol.